The Hall–Kier alpha value is -2.56. The van der Waals surface area contributed by atoms with E-state index < -0.39 is 0 Å². The van der Waals surface area contributed by atoms with Crippen LogP contribution in [0.15, 0.2) is 53.3 Å². The summed E-state index contributed by atoms with van der Waals surface area (Å²) in [5.74, 6) is 0.379. The summed E-state index contributed by atoms with van der Waals surface area (Å²) in [4.78, 5) is 8.18. The second-order valence-corrected chi connectivity index (χ2v) is 3.68. The van der Waals surface area contributed by atoms with Gasteiger partial charge in [-0.1, -0.05) is 11.2 Å². The highest BCUT2D eigenvalue weighted by Gasteiger charge is 2.10. The molecule has 3 aromatic rings. The highest BCUT2D eigenvalue weighted by molar-refractivity contribution is 5.58. The Labute approximate surface area is 102 Å². The number of benzene rings is 1. The van der Waals surface area contributed by atoms with Crippen LogP contribution in [0.25, 0.3) is 22.8 Å². The van der Waals surface area contributed by atoms with E-state index >= 15 is 0 Å². The Morgan fingerprint density at radius 2 is 1.94 bits per heavy atom. The molecule has 4 nitrogen and oxygen atoms in total. The third kappa shape index (κ3) is 1.98. The molecule has 0 spiro atoms. The lowest BCUT2D eigenvalue weighted by atomic mass is 10.2. The van der Waals surface area contributed by atoms with Gasteiger partial charge in [0.15, 0.2) is 0 Å². The van der Waals surface area contributed by atoms with Crippen molar-refractivity contribution in [3.8, 4) is 22.8 Å². The molecule has 0 aliphatic carbocycles. The van der Waals surface area contributed by atoms with E-state index in [1.54, 1.807) is 30.6 Å². The predicted octanol–water partition coefficient (Wildman–Crippen LogP) is 2.94. The topological polar surface area (TPSA) is 51.8 Å². The average molecular weight is 241 g/mol. The molecular formula is C13H8FN3O. The molecule has 0 amide bonds. The Morgan fingerprint density at radius 3 is 2.72 bits per heavy atom. The standard InChI is InChI=1S/C13H8FN3O/c14-11-5-1-3-9(7-11)13-16-12(17-18-13)10-4-2-6-15-8-10/h1-8H. The lowest BCUT2D eigenvalue weighted by Gasteiger charge is -1.93. The Bertz CT molecular complexity index is 667. The van der Waals surface area contributed by atoms with Crippen molar-refractivity contribution in [1.82, 2.24) is 15.1 Å². The fourth-order valence-electron chi connectivity index (χ4n) is 1.57. The van der Waals surface area contributed by atoms with Gasteiger partial charge in [0, 0.05) is 23.5 Å². The Kier molecular flexibility index (Phi) is 2.57. The van der Waals surface area contributed by atoms with Crippen molar-refractivity contribution >= 4 is 0 Å². The summed E-state index contributed by atoms with van der Waals surface area (Å²) in [5.41, 5.74) is 1.31. The van der Waals surface area contributed by atoms with E-state index in [1.165, 1.54) is 12.1 Å². The number of halogens is 1. The monoisotopic (exact) mass is 241 g/mol. The van der Waals surface area contributed by atoms with Gasteiger partial charge in [0.25, 0.3) is 5.89 Å². The third-order valence-electron chi connectivity index (χ3n) is 2.42. The second-order valence-electron chi connectivity index (χ2n) is 3.68. The fraction of sp³-hybridized carbons (Fsp3) is 0. The molecule has 5 heteroatoms. The van der Waals surface area contributed by atoms with Gasteiger partial charge >= 0.3 is 0 Å². The van der Waals surface area contributed by atoms with Crippen LogP contribution in [-0.4, -0.2) is 15.1 Å². The fourth-order valence-corrected chi connectivity index (χ4v) is 1.57. The van der Waals surface area contributed by atoms with Crippen LogP contribution in [0.2, 0.25) is 0 Å². The molecule has 0 bridgehead atoms. The van der Waals surface area contributed by atoms with Crippen molar-refractivity contribution < 1.29 is 8.91 Å². The van der Waals surface area contributed by atoms with E-state index in [9.17, 15) is 4.39 Å². The van der Waals surface area contributed by atoms with E-state index in [-0.39, 0.29) is 11.7 Å². The van der Waals surface area contributed by atoms with Gasteiger partial charge in [-0.15, -0.1) is 0 Å². The normalized spacial score (nSPS) is 10.5. The van der Waals surface area contributed by atoms with Crippen molar-refractivity contribution in [3.63, 3.8) is 0 Å². The zero-order valence-electron chi connectivity index (χ0n) is 9.25. The van der Waals surface area contributed by atoms with Gasteiger partial charge in [-0.3, -0.25) is 4.98 Å². The van der Waals surface area contributed by atoms with Crippen molar-refractivity contribution in [2.75, 3.05) is 0 Å². The molecule has 0 atom stereocenters. The van der Waals surface area contributed by atoms with Gasteiger partial charge in [-0.05, 0) is 30.3 Å². The quantitative estimate of drug-likeness (QED) is 0.692. The van der Waals surface area contributed by atoms with Gasteiger partial charge in [-0.25, -0.2) is 4.39 Å². The molecule has 2 aromatic heterocycles. The molecule has 88 valence electrons. The van der Waals surface area contributed by atoms with Gasteiger partial charge in [0.05, 0.1) is 0 Å². The first-order valence-electron chi connectivity index (χ1n) is 5.33. The molecule has 18 heavy (non-hydrogen) atoms. The van der Waals surface area contributed by atoms with Gasteiger partial charge in [-0.2, -0.15) is 4.98 Å². The summed E-state index contributed by atoms with van der Waals surface area (Å²) in [6.45, 7) is 0. The van der Waals surface area contributed by atoms with Crippen molar-refractivity contribution in [2.24, 2.45) is 0 Å². The number of nitrogens with zero attached hydrogens (tertiary/aromatic N) is 3. The molecule has 0 fully saturated rings. The van der Waals surface area contributed by atoms with Crippen molar-refractivity contribution in [1.29, 1.82) is 0 Å². The highest BCUT2D eigenvalue weighted by Crippen LogP contribution is 2.21. The lowest BCUT2D eigenvalue weighted by molar-refractivity contribution is 0.432. The van der Waals surface area contributed by atoms with Crippen LogP contribution in [0.1, 0.15) is 0 Å². The van der Waals surface area contributed by atoms with Crippen LogP contribution in [0.5, 0.6) is 0 Å². The highest BCUT2D eigenvalue weighted by atomic mass is 19.1. The minimum Gasteiger partial charge on any atom is -0.334 e. The SMILES string of the molecule is Fc1cccc(-c2nc(-c3cccnc3)no2)c1. The van der Waals surface area contributed by atoms with Crippen molar-refractivity contribution in [2.45, 2.75) is 0 Å². The molecule has 0 saturated carbocycles. The molecule has 0 unspecified atom stereocenters. The molecule has 0 saturated heterocycles. The number of pyridine rings is 1. The Balaban J connectivity index is 2.00. The summed E-state index contributed by atoms with van der Waals surface area (Å²) in [6, 6.07) is 9.63. The van der Waals surface area contributed by atoms with E-state index in [1.807, 2.05) is 6.07 Å². The molecule has 1 aromatic carbocycles. The zero-order valence-corrected chi connectivity index (χ0v) is 9.25. The number of hydrogen-bond donors (Lipinski definition) is 0. The predicted molar refractivity (Wildman–Crippen MR) is 62.9 cm³/mol. The summed E-state index contributed by atoms with van der Waals surface area (Å²) in [5, 5.41) is 3.84. The molecule has 0 aliphatic rings. The molecule has 0 aliphatic heterocycles. The molecule has 2 heterocycles. The van der Waals surface area contributed by atoms with Crippen LogP contribution in [0, 0.1) is 5.82 Å². The van der Waals surface area contributed by atoms with Crippen LogP contribution >= 0.6 is 0 Å². The average Bonchev–Trinajstić information content (AvgIpc) is 2.89. The van der Waals surface area contributed by atoms with E-state index in [0.29, 0.717) is 11.4 Å². The smallest absolute Gasteiger partial charge is 0.258 e. The summed E-state index contributed by atoms with van der Waals surface area (Å²) in [7, 11) is 0. The lowest BCUT2D eigenvalue weighted by Crippen LogP contribution is -1.82. The van der Waals surface area contributed by atoms with Crippen LogP contribution in [-0.2, 0) is 0 Å². The maximum Gasteiger partial charge on any atom is 0.258 e. The minimum atomic E-state index is -0.339. The van der Waals surface area contributed by atoms with Gasteiger partial charge in [0.2, 0.25) is 5.82 Å². The first-order chi connectivity index (χ1) is 8.83. The van der Waals surface area contributed by atoms with Gasteiger partial charge in [0.1, 0.15) is 5.82 Å². The Morgan fingerprint density at radius 1 is 1.06 bits per heavy atom. The van der Waals surface area contributed by atoms with E-state index in [2.05, 4.69) is 15.1 Å². The first-order valence-corrected chi connectivity index (χ1v) is 5.33. The molecular weight excluding hydrogens is 233 g/mol. The van der Waals surface area contributed by atoms with Crippen molar-refractivity contribution in [3.05, 3.63) is 54.6 Å². The maximum absolute atomic E-state index is 13.1. The molecule has 0 radical (unpaired) electrons. The molecule has 3 rings (SSSR count). The summed E-state index contributed by atoms with van der Waals surface area (Å²) < 4.78 is 18.2. The minimum absolute atomic E-state index is 0.286. The van der Waals surface area contributed by atoms with Crippen LogP contribution in [0.4, 0.5) is 4.39 Å². The number of aromatic nitrogens is 3. The zero-order chi connectivity index (χ0) is 12.4. The van der Waals surface area contributed by atoms with Crippen LogP contribution < -0.4 is 0 Å². The second kappa shape index (κ2) is 4.37. The number of hydrogen-bond acceptors (Lipinski definition) is 4. The van der Waals surface area contributed by atoms with Crippen LogP contribution in [0.3, 0.4) is 0 Å². The first kappa shape index (κ1) is 10.6. The third-order valence-corrected chi connectivity index (χ3v) is 2.42. The molecule has 0 N–H and O–H groups in total. The largest absolute Gasteiger partial charge is 0.334 e. The number of rotatable bonds is 2. The van der Waals surface area contributed by atoms with E-state index in [0.717, 1.165) is 5.56 Å². The van der Waals surface area contributed by atoms with E-state index in [4.69, 9.17) is 4.52 Å². The maximum atomic E-state index is 13.1. The van der Waals surface area contributed by atoms with Gasteiger partial charge < -0.3 is 4.52 Å². The summed E-state index contributed by atoms with van der Waals surface area (Å²) in [6.07, 6.45) is 3.30. The summed E-state index contributed by atoms with van der Waals surface area (Å²) >= 11 is 0.